The Morgan fingerprint density at radius 1 is 1.58 bits per heavy atom. The zero-order valence-electron chi connectivity index (χ0n) is 6.63. The Balaban J connectivity index is 4.46. The van der Waals surface area contributed by atoms with E-state index in [1.165, 1.54) is 6.92 Å². The molecule has 7 heteroatoms. The molecule has 0 radical (unpaired) electrons. The van der Waals surface area contributed by atoms with Crippen LogP contribution in [0.1, 0.15) is 13.8 Å². The summed E-state index contributed by atoms with van der Waals surface area (Å²) in [4.78, 5) is 8.73. The monoisotopic (exact) mass is 206 g/mol. The van der Waals surface area contributed by atoms with Crippen molar-refractivity contribution in [2.45, 2.75) is 25.7 Å². The first-order valence-corrected chi connectivity index (χ1v) is 4.90. The van der Waals surface area contributed by atoms with Gasteiger partial charge in [-0.2, -0.15) is 13.2 Å². The molecule has 0 saturated heterocycles. The quantitative estimate of drug-likeness (QED) is 0.719. The molecule has 3 nitrogen and oxygen atoms in total. The largest absolute Gasteiger partial charge is 0.402 e. The minimum atomic E-state index is -4.69. The van der Waals surface area contributed by atoms with Gasteiger partial charge in [0.2, 0.25) is 0 Å². The topological polar surface area (TPSA) is 46.5 Å². The van der Waals surface area contributed by atoms with Crippen LogP contribution in [-0.2, 0) is 9.09 Å². The fraction of sp³-hybridized carbons (Fsp3) is 1.00. The van der Waals surface area contributed by atoms with Gasteiger partial charge < -0.3 is 9.42 Å². The van der Waals surface area contributed by atoms with Crippen molar-refractivity contribution in [3.8, 4) is 0 Å². The van der Waals surface area contributed by atoms with Gasteiger partial charge in [-0.25, -0.2) is 0 Å². The van der Waals surface area contributed by atoms with Gasteiger partial charge in [0.25, 0.3) is 0 Å². The molecule has 0 saturated carbocycles. The van der Waals surface area contributed by atoms with Crippen LogP contribution in [0.5, 0.6) is 0 Å². The minimum Gasteiger partial charge on any atom is -0.324 e. The third kappa shape index (κ3) is 3.13. The Bertz CT molecular complexity index is 191. The summed E-state index contributed by atoms with van der Waals surface area (Å²) in [5.41, 5.74) is -2.33. The molecule has 0 heterocycles. The molecule has 2 unspecified atom stereocenters. The van der Waals surface area contributed by atoms with E-state index in [0.29, 0.717) is 6.92 Å². The van der Waals surface area contributed by atoms with Crippen molar-refractivity contribution in [1.29, 1.82) is 0 Å². The minimum absolute atomic E-state index is 0.214. The SMILES string of the molecule is CCOP(=O)(O)C(C)C(F)(F)F. The second kappa shape index (κ2) is 3.77. The molecule has 0 bridgehead atoms. The summed E-state index contributed by atoms with van der Waals surface area (Å²) in [6.45, 7) is 1.76. The van der Waals surface area contributed by atoms with Crippen LogP contribution in [0.4, 0.5) is 13.2 Å². The maximum atomic E-state index is 11.9. The highest BCUT2D eigenvalue weighted by Crippen LogP contribution is 2.53. The summed E-state index contributed by atoms with van der Waals surface area (Å²) >= 11 is 0. The fourth-order valence-electron chi connectivity index (χ4n) is 0.482. The Morgan fingerprint density at radius 3 is 2.25 bits per heavy atom. The molecule has 0 aliphatic rings. The number of halogens is 3. The predicted molar refractivity (Wildman–Crippen MR) is 37.0 cm³/mol. The van der Waals surface area contributed by atoms with Crippen LogP contribution in [0, 0.1) is 0 Å². The molecule has 0 aromatic heterocycles. The average Bonchev–Trinajstić information content (AvgIpc) is 1.84. The van der Waals surface area contributed by atoms with Crippen molar-refractivity contribution >= 4 is 7.60 Å². The summed E-state index contributed by atoms with van der Waals surface area (Å²) in [7, 11) is -4.53. The van der Waals surface area contributed by atoms with E-state index in [-0.39, 0.29) is 6.61 Å². The van der Waals surface area contributed by atoms with Gasteiger partial charge in [-0.05, 0) is 13.8 Å². The van der Waals surface area contributed by atoms with Crippen molar-refractivity contribution in [1.82, 2.24) is 0 Å². The van der Waals surface area contributed by atoms with Crippen LogP contribution in [0.2, 0.25) is 0 Å². The van der Waals surface area contributed by atoms with Crippen molar-refractivity contribution in [2.75, 3.05) is 6.61 Å². The summed E-state index contributed by atoms with van der Waals surface area (Å²) in [5.74, 6) is 0. The maximum absolute atomic E-state index is 11.9. The zero-order chi connectivity index (χ0) is 9.99. The van der Waals surface area contributed by atoms with Gasteiger partial charge in [-0.1, -0.05) is 0 Å². The Kier molecular flexibility index (Phi) is 3.75. The molecule has 0 aliphatic heterocycles. The van der Waals surface area contributed by atoms with E-state index < -0.39 is 19.4 Å². The number of hydrogen-bond donors (Lipinski definition) is 1. The lowest BCUT2D eigenvalue weighted by molar-refractivity contribution is -0.131. The molecule has 12 heavy (non-hydrogen) atoms. The van der Waals surface area contributed by atoms with Gasteiger partial charge >= 0.3 is 13.8 Å². The summed E-state index contributed by atoms with van der Waals surface area (Å²) in [5, 5.41) is 0. The normalized spacial score (nSPS) is 20.2. The molecule has 0 aliphatic carbocycles. The molecule has 0 spiro atoms. The maximum Gasteiger partial charge on any atom is 0.402 e. The van der Waals surface area contributed by atoms with Crippen molar-refractivity contribution in [3.63, 3.8) is 0 Å². The van der Waals surface area contributed by atoms with E-state index in [2.05, 4.69) is 4.52 Å². The predicted octanol–water partition coefficient (Wildman–Crippen LogP) is 2.16. The molecular weight excluding hydrogens is 196 g/mol. The van der Waals surface area contributed by atoms with E-state index >= 15 is 0 Å². The van der Waals surface area contributed by atoms with Gasteiger partial charge in [0, 0.05) is 0 Å². The lowest BCUT2D eigenvalue weighted by atomic mass is 10.5. The van der Waals surface area contributed by atoms with Crippen molar-refractivity contribution in [2.24, 2.45) is 0 Å². The molecule has 0 rings (SSSR count). The zero-order valence-corrected chi connectivity index (χ0v) is 7.52. The van der Waals surface area contributed by atoms with E-state index in [1.807, 2.05) is 0 Å². The van der Waals surface area contributed by atoms with Crippen LogP contribution in [0.15, 0.2) is 0 Å². The number of hydrogen-bond acceptors (Lipinski definition) is 2. The number of alkyl halides is 3. The Hall–Kier alpha value is -0.0600. The first-order chi connectivity index (χ1) is 5.22. The van der Waals surface area contributed by atoms with E-state index in [9.17, 15) is 17.7 Å². The standard InChI is InChI=1S/C5H10F3O3P/c1-3-11-12(9,10)4(2)5(6,7)8/h4H,3H2,1-2H3,(H,9,10). The molecule has 0 fully saturated rings. The molecule has 0 amide bonds. The van der Waals surface area contributed by atoms with Gasteiger partial charge in [0.1, 0.15) is 0 Å². The highest BCUT2D eigenvalue weighted by atomic mass is 31.2. The van der Waals surface area contributed by atoms with E-state index in [4.69, 9.17) is 4.89 Å². The van der Waals surface area contributed by atoms with E-state index in [0.717, 1.165) is 0 Å². The lowest BCUT2D eigenvalue weighted by Crippen LogP contribution is -2.26. The van der Waals surface area contributed by atoms with Crippen molar-refractivity contribution in [3.05, 3.63) is 0 Å². The van der Waals surface area contributed by atoms with Crippen LogP contribution in [0.25, 0.3) is 0 Å². The lowest BCUT2D eigenvalue weighted by Gasteiger charge is -2.20. The summed E-state index contributed by atoms with van der Waals surface area (Å²) < 4.78 is 50.5. The first kappa shape index (κ1) is 11.9. The summed E-state index contributed by atoms with van der Waals surface area (Å²) in [6, 6.07) is 0. The van der Waals surface area contributed by atoms with Crippen LogP contribution in [0.3, 0.4) is 0 Å². The van der Waals surface area contributed by atoms with Gasteiger partial charge in [-0.15, -0.1) is 0 Å². The Labute approximate surface area is 68.1 Å². The third-order valence-corrected chi connectivity index (χ3v) is 3.18. The van der Waals surface area contributed by atoms with Gasteiger partial charge in [0.15, 0.2) is 5.66 Å². The highest BCUT2D eigenvalue weighted by Gasteiger charge is 2.48. The molecule has 1 N–H and O–H groups in total. The molecule has 74 valence electrons. The fourth-order valence-corrected chi connectivity index (χ4v) is 1.45. The van der Waals surface area contributed by atoms with Crippen molar-refractivity contribution < 1.29 is 27.2 Å². The second-order valence-corrected chi connectivity index (χ2v) is 4.36. The second-order valence-electron chi connectivity index (χ2n) is 2.20. The Morgan fingerprint density at radius 2 is 2.00 bits per heavy atom. The molecular formula is C5H10F3O3P. The van der Waals surface area contributed by atoms with Crippen LogP contribution >= 0.6 is 7.60 Å². The van der Waals surface area contributed by atoms with Gasteiger partial charge in [-0.3, -0.25) is 4.57 Å². The van der Waals surface area contributed by atoms with Crippen LogP contribution < -0.4 is 0 Å². The molecule has 0 aromatic rings. The smallest absolute Gasteiger partial charge is 0.324 e. The molecule has 0 aromatic carbocycles. The summed E-state index contributed by atoms with van der Waals surface area (Å²) in [6.07, 6.45) is -4.69. The highest BCUT2D eigenvalue weighted by molar-refractivity contribution is 7.53. The van der Waals surface area contributed by atoms with Crippen LogP contribution in [-0.4, -0.2) is 23.3 Å². The first-order valence-electron chi connectivity index (χ1n) is 3.25. The third-order valence-electron chi connectivity index (χ3n) is 1.28. The molecule has 2 atom stereocenters. The average molecular weight is 206 g/mol. The number of rotatable bonds is 3. The van der Waals surface area contributed by atoms with E-state index in [1.54, 1.807) is 0 Å². The van der Waals surface area contributed by atoms with Gasteiger partial charge in [0.05, 0.1) is 6.61 Å².